The molecule has 0 saturated heterocycles. The quantitative estimate of drug-likeness (QED) is 0.459. The minimum Gasteiger partial charge on any atom is -0.316 e. The maximum Gasteiger partial charge on any atom is 0.278 e. The molecular formula is C12H8N2O2. The Labute approximate surface area is 90.9 Å². The molecule has 0 aliphatic rings. The predicted molar refractivity (Wildman–Crippen MR) is 61.6 cm³/mol. The Morgan fingerprint density at radius 1 is 1.06 bits per heavy atom. The summed E-state index contributed by atoms with van der Waals surface area (Å²) in [5.74, 6) is 0. The molecule has 0 amide bonds. The Morgan fingerprint density at radius 2 is 1.94 bits per heavy atom. The number of nitrogens with zero attached hydrogens (tertiary/aromatic N) is 2. The summed E-state index contributed by atoms with van der Waals surface area (Å²) in [6.45, 7) is 0. The molecule has 2 aromatic heterocycles. The van der Waals surface area contributed by atoms with E-state index < -0.39 is 0 Å². The van der Waals surface area contributed by atoms with Gasteiger partial charge in [-0.3, -0.25) is 10.1 Å². The van der Waals surface area contributed by atoms with Gasteiger partial charge in [-0.05, 0) is 30.3 Å². The highest BCUT2D eigenvalue weighted by molar-refractivity contribution is 5.90. The maximum atomic E-state index is 10.9. The SMILES string of the molecule is O=[N+]([O-])c1cccc2c1ccc1cccn12. The van der Waals surface area contributed by atoms with Crippen LogP contribution in [0, 0.1) is 10.1 Å². The van der Waals surface area contributed by atoms with E-state index in [1.807, 2.05) is 34.9 Å². The Bertz CT molecular complexity index is 700. The van der Waals surface area contributed by atoms with E-state index in [-0.39, 0.29) is 10.6 Å². The maximum absolute atomic E-state index is 10.9. The van der Waals surface area contributed by atoms with E-state index in [4.69, 9.17) is 0 Å². The van der Waals surface area contributed by atoms with Crippen LogP contribution >= 0.6 is 0 Å². The molecular weight excluding hydrogens is 204 g/mol. The minimum absolute atomic E-state index is 0.146. The van der Waals surface area contributed by atoms with Gasteiger partial charge in [-0.2, -0.15) is 0 Å². The van der Waals surface area contributed by atoms with Crippen molar-refractivity contribution in [3.63, 3.8) is 0 Å². The van der Waals surface area contributed by atoms with Crippen LogP contribution in [0.5, 0.6) is 0 Å². The second-order valence-electron chi connectivity index (χ2n) is 3.60. The van der Waals surface area contributed by atoms with Gasteiger partial charge in [0.15, 0.2) is 0 Å². The van der Waals surface area contributed by atoms with Crippen molar-refractivity contribution in [3.05, 3.63) is 58.8 Å². The third-order valence-corrected chi connectivity index (χ3v) is 2.72. The lowest BCUT2D eigenvalue weighted by Crippen LogP contribution is -1.92. The van der Waals surface area contributed by atoms with Crippen LogP contribution in [0.1, 0.15) is 0 Å². The molecule has 0 bridgehead atoms. The van der Waals surface area contributed by atoms with Gasteiger partial charge in [0, 0.05) is 17.8 Å². The number of benzene rings is 1. The monoisotopic (exact) mass is 212 g/mol. The number of rotatable bonds is 1. The summed E-state index contributed by atoms with van der Waals surface area (Å²) in [7, 11) is 0. The first-order chi connectivity index (χ1) is 7.77. The van der Waals surface area contributed by atoms with Gasteiger partial charge in [0.25, 0.3) is 5.69 Å². The first-order valence-electron chi connectivity index (χ1n) is 4.90. The zero-order chi connectivity index (χ0) is 11.1. The molecule has 16 heavy (non-hydrogen) atoms. The first-order valence-corrected chi connectivity index (χ1v) is 4.90. The van der Waals surface area contributed by atoms with Gasteiger partial charge < -0.3 is 4.40 Å². The molecule has 0 spiro atoms. The molecule has 0 radical (unpaired) electrons. The van der Waals surface area contributed by atoms with E-state index >= 15 is 0 Å². The van der Waals surface area contributed by atoms with Crippen molar-refractivity contribution in [1.82, 2.24) is 4.40 Å². The van der Waals surface area contributed by atoms with Crippen LogP contribution in [0.3, 0.4) is 0 Å². The number of non-ortho nitro benzene ring substituents is 1. The number of nitro benzene ring substituents is 1. The predicted octanol–water partition coefficient (Wildman–Crippen LogP) is 3.00. The molecule has 0 aliphatic heterocycles. The summed E-state index contributed by atoms with van der Waals surface area (Å²) < 4.78 is 1.95. The molecule has 1 aromatic carbocycles. The van der Waals surface area contributed by atoms with Crippen LogP contribution in [-0.2, 0) is 0 Å². The molecule has 0 unspecified atom stereocenters. The molecule has 4 nitrogen and oxygen atoms in total. The summed E-state index contributed by atoms with van der Waals surface area (Å²) in [6, 6.07) is 12.7. The molecule has 0 fully saturated rings. The van der Waals surface area contributed by atoms with Crippen LogP contribution in [0.2, 0.25) is 0 Å². The van der Waals surface area contributed by atoms with Crippen molar-refractivity contribution >= 4 is 22.1 Å². The van der Waals surface area contributed by atoms with Gasteiger partial charge in [0.05, 0.1) is 15.8 Å². The van der Waals surface area contributed by atoms with Gasteiger partial charge in [0.1, 0.15) is 0 Å². The first kappa shape index (κ1) is 8.91. The summed E-state index contributed by atoms with van der Waals surface area (Å²) in [4.78, 5) is 10.5. The van der Waals surface area contributed by atoms with Crippen molar-refractivity contribution in [2.75, 3.05) is 0 Å². The van der Waals surface area contributed by atoms with Crippen molar-refractivity contribution in [2.45, 2.75) is 0 Å². The normalized spacial score (nSPS) is 11.0. The Hall–Kier alpha value is -2.36. The lowest BCUT2D eigenvalue weighted by Gasteiger charge is -2.02. The van der Waals surface area contributed by atoms with E-state index in [9.17, 15) is 10.1 Å². The molecule has 2 heterocycles. The van der Waals surface area contributed by atoms with Crippen LogP contribution in [0.4, 0.5) is 5.69 Å². The average Bonchev–Trinajstić information content (AvgIpc) is 2.76. The van der Waals surface area contributed by atoms with Crippen LogP contribution in [0.25, 0.3) is 16.4 Å². The molecule has 3 aromatic rings. The molecule has 4 heteroatoms. The summed E-state index contributed by atoms with van der Waals surface area (Å²) in [5, 5.41) is 11.5. The van der Waals surface area contributed by atoms with Gasteiger partial charge in [-0.25, -0.2) is 0 Å². The van der Waals surface area contributed by atoms with Crippen molar-refractivity contribution in [2.24, 2.45) is 0 Å². The smallest absolute Gasteiger partial charge is 0.278 e. The third-order valence-electron chi connectivity index (χ3n) is 2.72. The second kappa shape index (κ2) is 3.06. The highest BCUT2D eigenvalue weighted by atomic mass is 16.6. The standard InChI is InChI=1S/C12H8N2O2/c15-14(16)12-5-1-4-11-10(12)7-6-9-3-2-8-13(9)11/h1-8H. The van der Waals surface area contributed by atoms with Gasteiger partial charge in [0.2, 0.25) is 0 Å². The zero-order valence-electron chi connectivity index (χ0n) is 8.33. The molecule has 0 saturated carbocycles. The number of aromatic nitrogens is 1. The second-order valence-corrected chi connectivity index (χ2v) is 3.60. The number of hydrogen-bond donors (Lipinski definition) is 0. The number of nitro groups is 1. The van der Waals surface area contributed by atoms with Gasteiger partial charge in [-0.1, -0.05) is 6.07 Å². The minimum atomic E-state index is -0.350. The van der Waals surface area contributed by atoms with Crippen molar-refractivity contribution in [1.29, 1.82) is 0 Å². The summed E-state index contributed by atoms with van der Waals surface area (Å²) in [5.41, 5.74) is 2.04. The fourth-order valence-corrected chi connectivity index (χ4v) is 2.00. The average molecular weight is 212 g/mol. The van der Waals surface area contributed by atoms with Gasteiger partial charge in [-0.15, -0.1) is 0 Å². The summed E-state index contributed by atoms with van der Waals surface area (Å²) >= 11 is 0. The molecule has 0 N–H and O–H groups in total. The fraction of sp³-hybridized carbons (Fsp3) is 0. The highest BCUT2D eigenvalue weighted by Gasteiger charge is 2.11. The summed E-state index contributed by atoms with van der Waals surface area (Å²) in [6.07, 6.45) is 1.90. The molecule has 78 valence electrons. The van der Waals surface area contributed by atoms with Gasteiger partial charge >= 0.3 is 0 Å². The van der Waals surface area contributed by atoms with Crippen LogP contribution in [0.15, 0.2) is 48.7 Å². The number of hydrogen-bond acceptors (Lipinski definition) is 2. The molecule has 3 rings (SSSR count). The third kappa shape index (κ3) is 1.10. The highest BCUT2D eigenvalue weighted by Crippen LogP contribution is 2.26. The number of pyridine rings is 1. The van der Waals surface area contributed by atoms with Crippen LogP contribution in [-0.4, -0.2) is 9.32 Å². The fourth-order valence-electron chi connectivity index (χ4n) is 2.00. The Morgan fingerprint density at radius 3 is 2.75 bits per heavy atom. The number of fused-ring (bicyclic) bond motifs is 3. The lowest BCUT2D eigenvalue weighted by molar-refractivity contribution is -0.383. The van der Waals surface area contributed by atoms with Crippen molar-refractivity contribution < 1.29 is 4.92 Å². The van der Waals surface area contributed by atoms with Crippen molar-refractivity contribution in [3.8, 4) is 0 Å². The van der Waals surface area contributed by atoms with E-state index in [1.54, 1.807) is 12.1 Å². The zero-order valence-corrected chi connectivity index (χ0v) is 8.33. The molecule has 0 aliphatic carbocycles. The lowest BCUT2D eigenvalue weighted by atomic mass is 10.2. The van der Waals surface area contributed by atoms with E-state index in [0.717, 1.165) is 11.0 Å². The van der Waals surface area contributed by atoms with E-state index in [2.05, 4.69) is 0 Å². The molecule has 0 atom stereocenters. The Kier molecular flexibility index (Phi) is 1.71. The van der Waals surface area contributed by atoms with Crippen LogP contribution < -0.4 is 0 Å². The van der Waals surface area contributed by atoms with E-state index in [0.29, 0.717) is 5.39 Å². The largest absolute Gasteiger partial charge is 0.316 e. The Balaban J connectivity index is 2.53. The topological polar surface area (TPSA) is 47.5 Å². The van der Waals surface area contributed by atoms with E-state index in [1.165, 1.54) is 6.07 Å².